The predicted octanol–water partition coefficient (Wildman–Crippen LogP) is 2.06. The second kappa shape index (κ2) is 5.47. The van der Waals surface area contributed by atoms with E-state index < -0.39 is 6.04 Å². The fourth-order valence-electron chi connectivity index (χ4n) is 2.55. The van der Waals surface area contributed by atoms with E-state index in [-0.39, 0.29) is 11.9 Å². The van der Waals surface area contributed by atoms with E-state index in [2.05, 4.69) is 0 Å². The molecule has 0 aliphatic carbocycles. The third-order valence-electron chi connectivity index (χ3n) is 3.51. The lowest BCUT2D eigenvalue weighted by molar-refractivity contribution is -0.147. The summed E-state index contributed by atoms with van der Waals surface area (Å²) in [5.74, 6) is 0.805. The lowest BCUT2D eigenvalue weighted by Gasteiger charge is -2.33. The van der Waals surface area contributed by atoms with Crippen molar-refractivity contribution in [3.05, 3.63) is 23.2 Å². The Balaban J connectivity index is 2.25. The van der Waals surface area contributed by atoms with Crippen LogP contribution in [-0.2, 0) is 9.53 Å². The van der Waals surface area contributed by atoms with Gasteiger partial charge in [-0.25, -0.2) is 4.79 Å². The quantitative estimate of drug-likeness (QED) is 0.768. The number of methoxy groups -OCH3 is 1. The van der Waals surface area contributed by atoms with Gasteiger partial charge in [0.25, 0.3) is 5.91 Å². The zero-order chi connectivity index (χ0) is 14.0. The summed E-state index contributed by atoms with van der Waals surface area (Å²) in [6, 6.07) is 1.25. The summed E-state index contributed by atoms with van der Waals surface area (Å²) in [5, 5.41) is 0. The highest BCUT2D eigenvalue weighted by atomic mass is 16.5. The van der Waals surface area contributed by atoms with Gasteiger partial charge in [0.1, 0.15) is 17.6 Å². The van der Waals surface area contributed by atoms with Crippen LogP contribution in [0.15, 0.2) is 10.5 Å². The number of carbonyl (C=O) groups excluding carboxylic acids is 2. The molecule has 5 heteroatoms. The lowest BCUT2D eigenvalue weighted by Crippen LogP contribution is -2.48. The van der Waals surface area contributed by atoms with Gasteiger partial charge in [0.2, 0.25) is 0 Å². The largest absolute Gasteiger partial charge is 0.467 e. The molecule has 0 spiro atoms. The number of esters is 1. The maximum Gasteiger partial charge on any atom is 0.328 e. The Labute approximate surface area is 112 Å². The van der Waals surface area contributed by atoms with E-state index in [1.165, 1.54) is 7.11 Å². The standard InChI is InChI=1S/C14H19NO4/c1-9-8-11(10(2)19-9)13(16)15-7-5-4-6-12(15)14(17)18-3/h8,12H,4-7H2,1-3H3. The molecule has 0 aromatic carbocycles. The third-order valence-corrected chi connectivity index (χ3v) is 3.51. The van der Waals surface area contributed by atoms with Crippen LogP contribution in [0.25, 0.3) is 0 Å². The van der Waals surface area contributed by atoms with Crippen molar-refractivity contribution >= 4 is 11.9 Å². The highest BCUT2D eigenvalue weighted by Gasteiger charge is 2.34. The fourth-order valence-corrected chi connectivity index (χ4v) is 2.55. The van der Waals surface area contributed by atoms with Gasteiger partial charge < -0.3 is 14.1 Å². The Hall–Kier alpha value is -1.78. The molecule has 1 aromatic heterocycles. The van der Waals surface area contributed by atoms with Crippen LogP contribution in [-0.4, -0.2) is 36.5 Å². The number of aryl methyl sites for hydroxylation is 2. The van der Waals surface area contributed by atoms with Crippen LogP contribution in [0.2, 0.25) is 0 Å². The van der Waals surface area contributed by atoms with E-state index >= 15 is 0 Å². The summed E-state index contributed by atoms with van der Waals surface area (Å²) >= 11 is 0. The van der Waals surface area contributed by atoms with Crippen molar-refractivity contribution in [1.82, 2.24) is 4.90 Å². The Morgan fingerprint density at radius 1 is 1.37 bits per heavy atom. The smallest absolute Gasteiger partial charge is 0.328 e. The molecule has 1 unspecified atom stereocenters. The molecule has 19 heavy (non-hydrogen) atoms. The number of carbonyl (C=O) groups is 2. The van der Waals surface area contributed by atoms with Gasteiger partial charge in [0, 0.05) is 6.54 Å². The van der Waals surface area contributed by atoms with Crippen LogP contribution >= 0.6 is 0 Å². The summed E-state index contributed by atoms with van der Waals surface area (Å²) in [4.78, 5) is 25.9. The van der Waals surface area contributed by atoms with Gasteiger partial charge in [-0.3, -0.25) is 4.79 Å². The molecule has 0 bridgehead atoms. The predicted molar refractivity (Wildman–Crippen MR) is 68.9 cm³/mol. The monoisotopic (exact) mass is 265 g/mol. The molecule has 1 saturated heterocycles. The van der Waals surface area contributed by atoms with E-state index in [1.54, 1.807) is 24.8 Å². The zero-order valence-corrected chi connectivity index (χ0v) is 11.6. The van der Waals surface area contributed by atoms with Crippen molar-refractivity contribution in [2.24, 2.45) is 0 Å². The molecular formula is C14H19NO4. The summed E-state index contributed by atoms with van der Waals surface area (Å²) in [6.45, 7) is 4.15. The van der Waals surface area contributed by atoms with E-state index in [4.69, 9.17) is 9.15 Å². The Morgan fingerprint density at radius 2 is 2.11 bits per heavy atom. The highest BCUT2D eigenvalue weighted by Crippen LogP contribution is 2.23. The first-order chi connectivity index (χ1) is 9.04. The Morgan fingerprint density at radius 3 is 2.68 bits per heavy atom. The van der Waals surface area contributed by atoms with Crippen LogP contribution in [0.1, 0.15) is 41.1 Å². The number of furan rings is 1. The summed E-state index contributed by atoms with van der Waals surface area (Å²) in [5.41, 5.74) is 0.535. The van der Waals surface area contributed by atoms with Gasteiger partial charge in [-0.1, -0.05) is 0 Å². The zero-order valence-electron chi connectivity index (χ0n) is 11.6. The second-order valence-corrected chi connectivity index (χ2v) is 4.86. The van der Waals surface area contributed by atoms with Gasteiger partial charge >= 0.3 is 5.97 Å². The van der Waals surface area contributed by atoms with E-state index in [0.29, 0.717) is 30.0 Å². The highest BCUT2D eigenvalue weighted by molar-refractivity contribution is 5.97. The van der Waals surface area contributed by atoms with Gasteiger partial charge in [0.15, 0.2) is 0 Å². The average molecular weight is 265 g/mol. The first-order valence-corrected chi connectivity index (χ1v) is 6.50. The molecule has 1 fully saturated rings. The molecule has 2 heterocycles. The first kappa shape index (κ1) is 13.6. The normalized spacial score (nSPS) is 19.3. The molecule has 5 nitrogen and oxygen atoms in total. The number of hydrogen-bond donors (Lipinski definition) is 0. The number of amides is 1. The van der Waals surface area contributed by atoms with Crippen LogP contribution in [0, 0.1) is 13.8 Å². The maximum absolute atomic E-state index is 12.5. The van der Waals surface area contributed by atoms with Crippen LogP contribution in [0.4, 0.5) is 0 Å². The van der Waals surface area contributed by atoms with Crippen molar-refractivity contribution in [2.45, 2.75) is 39.2 Å². The van der Waals surface area contributed by atoms with Crippen molar-refractivity contribution in [3.63, 3.8) is 0 Å². The SMILES string of the molecule is COC(=O)C1CCCCN1C(=O)c1cc(C)oc1C. The minimum atomic E-state index is -0.471. The van der Waals surface area contributed by atoms with Gasteiger partial charge in [-0.2, -0.15) is 0 Å². The Bertz CT molecular complexity index is 492. The topological polar surface area (TPSA) is 59.8 Å². The summed E-state index contributed by atoms with van der Waals surface area (Å²) < 4.78 is 10.2. The van der Waals surface area contributed by atoms with Crippen molar-refractivity contribution in [1.29, 1.82) is 0 Å². The minimum absolute atomic E-state index is 0.149. The molecule has 0 radical (unpaired) electrons. The van der Waals surface area contributed by atoms with Crippen molar-refractivity contribution < 1.29 is 18.7 Å². The molecule has 104 valence electrons. The average Bonchev–Trinajstić information content (AvgIpc) is 2.76. The molecule has 1 amide bonds. The van der Waals surface area contributed by atoms with Crippen LogP contribution in [0.3, 0.4) is 0 Å². The maximum atomic E-state index is 12.5. The van der Waals surface area contributed by atoms with Gasteiger partial charge in [0.05, 0.1) is 12.7 Å². The molecular weight excluding hydrogens is 246 g/mol. The molecule has 2 rings (SSSR count). The minimum Gasteiger partial charge on any atom is -0.467 e. The number of rotatable bonds is 2. The van der Waals surface area contributed by atoms with Crippen molar-refractivity contribution in [2.75, 3.05) is 13.7 Å². The molecule has 1 atom stereocenters. The molecule has 1 aliphatic heterocycles. The summed E-state index contributed by atoms with van der Waals surface area (Å²) in [7, 11) is 1.35. The first-order valence-electron chi connectivity index (χ1n) is 6.50. The molecule has 0 N–H and O–H groups in total. The molecule has 0 saturated carbocycles. The third kappa shape index (κ3) is 2.64. The van der Waals surface area contributed by atoms with Crippen molar-refractivity contribution in [3.8, 4) is 0 Å². The van der Waals surface area contributed by atoms with Crippen LogP contribution < -0.4 is 0 Å². The lowest BCUT2D eigenvalue weighted by atomic mass is 10.0. The van der Waals surface area contributed by atoms with Crippen LogP contribution in [0.5, 0.6) is 0 Å². The number of hydrogen-bond acceptors (Lipinski definition) is 4. The summed E-state index contributed by atoms with van der Waals surface area (Å²) in [6.07, 6.45) is 2.51. The molecule has 1 aliphatic rings. The van der Waals surface area contributed by atoms with Gasteiger partial charge in [-0.15, -0.1) is 0 Å². The number of ether oxygens (including phenoxy) is 1. The number of piperidine rings is 1. The van der Waals surface area contributed by atoms with E-state index in [9.17, 15) is 9.59 Å². The second-order valence-electron chi connectivity index (χ2n) is 4.86. The Kier molecular flexibility index (Phi) is 3.93. The molecule has 1 aromatic rings. The van der Waals surface area contributed by atoms with E-state index in [0.717, 1.165) is 12.8 Å². The number of likely N-dealkylation sites (tertiary alicyclic amines) is 1. The van der Waals surface area contributed by atoms with E-state index in [1.807, 2.05) is 0 Å². The number of nitrogens with zero attached hydrogens (tertiary/aromatic N) is 1. The van der Waals surface area contributed by atoms with Gasteiger partial charge in [-0.05, 0) is 39.2 Å². The fraction of sp³-hybridized carbons (Fsp3) is 0.571.